The molecule has 2 aromatic carbocycles. The van der Waals surface area contributed by atoms with Gasteiger partial charge in [-0.3, -0.25) is 14.5 Å². The van der Waals surface area contributed by atoms with Crippen LogP contribution in [0, 0.1) is 12.8 Å². The minimum atomic E-state index is -0.674. The Morgan fingerprint density at radius 2 is 1.83 bits per heavy atom. The number of nitrogens with one attached hydrogen (secondary N) is 1. The molecule has 148 valence electrons. The maximum atomic E-state index is 13.1. The molecular weight excluding hydrogens is 364 g/mol. The largest absolute Gasteiger partial charge is 0.503 e. The van der Waals surface area contributed by atoms with Gasteiger partial charge in [-0.15, -0.1) is 0 Å². The fourth-order valence-corrected chi connectivity index (χ4v) is 3.96. The first-order valence-corrected chi connectivity index (χ1v) is 9.81. The van der Waals surface area contributed by atoms with Gasteiger partial charge in [0.1, 0.15) is 0 Å². The number of benzene rings is 2. The van der Waals surface area contributed by atoms with Gasteiger partial charge in [-0.2, -0.15) is 0 Å². The summed E-state index contributed by atoms with van der Waals surface area (Å²) in [6.07, 6.45) is 2.10. The van der Waals surface area contributed by atoms with Gasteiger partial charge in [0.05, 0.1) is 11.6 Å². The monoisotopic (exact) mass is 388 g/mol. The van der Waals surface area contributed by atoms with E-state index in [4.69, 9.17) is 0 Å². The van der Waals surface area contributed by atoms with Gasteiger partial charge < -0.3 is 10.1 Å². The zero-order valence-electron chi connectivity index (χ0n) is 16.8. The van der Waals surface area contributed by atoms with Crippen molar-refractivity contribution in [3.05, 3.63) is 77.2 Å². The number of aromatic amines is 1. The smallest absolute Gasteiger partial charge is 0.294 e. The molecule has 1 aromatic heterocycles. The van der Waals surface area contributed by atoms with Gasteiger partial charge in [-0.05, 0) is 31.0 Å². The van der Waals surface area contributed by atoms with Gasteiger partial charge in [0.15, 0.2) is 11.5 Å². The van der Waals surface area contributed by atoms with E-state index in [0.717, 1.165) is 22.0 Å². The van der Waals surface area contributed by atoms with E-state index < -0.39 is 17.7 Å². The molecule has 5 heteroatoms. The Morgan fingerprint density at radius 1 is 1.14 bits per heavy atom. The van der Waals surface area contributed by atoms with Crippen molar-refractivity contribution in [1.29, 1.82) is 0 Å². The molecule has 0 fully saturated rings. The Bertz CT molecular complexity index is 1120. The highest BCUT2D eigenvalue weighted by atomic mass is 16.3. The summed E-state index contributed by atoms with van der Waals surface area (Å²) in [5.41, 5.74) is 3.60. The zero-order chi connectivity index (χ0) is 20.7. The van der Waals surface area contributed by atoms with Crippen molar-refractivity contribution in [3.63, 3.8) is 0 Å². The van der Waals surface area contributed by atoms with E-state index in [0.29, 0.717) is 5.69 Å². The lowest BCUT2D eigenvalue weighted by Gasteiger charge is -2.26. The number of Topliss-reactive ketones (excluding diaryl/α,β-unsaturated/α-hetero) is 1. The number of anilines is 1. The van der Waals surface area contributed by atoms with Crippen molar-refractivity contribution in [1.82, 2.24) is 4.98 Å². The van der Waals surface area contributed by atoms with Gasteiger partial charge in [0.2, 0.25) is 0 Å². The number of amides is 1. The summed E-state index contributed by atoms with van der Waals surface area (Å²) in [4.78, 5) is 30.9. The van der Waals surface area contributed by atoms with Crippen LogP contribution in [0.15, 0.2) is 66.1 Å². The molecule has 5 nitrogen and oxygen atoms in total. The highest BCUT2D eigenvalue weighted by molar-refractivity contribution is 6.17. The van der Waals surface area contributed by atoms with Gasteiger partial charge in [0.25, 0.3) is 5.91 Å². The van der Waals surface area contributed by atoms with Crippen LogP contribution in [0.3, 0.4) is 0 Å². The summed E-state index contributed by atoms with van der Waals surface area (Å²) >= 11 is 0. The van der Waals surface area contributed by atoms with Crippen LogP contribution in [0.4, 0.5) is 5.69 Å². The first-order valence-electron chi connectivity index (χ1n) is 9.81. The number of para-hydroxylation sites is 1. The Balaban J connectivity index is 1.91. The fourth-order valence-electron chi connectivity index (χ4n) is 3.96. The van der Waals surface area contributed by atoms with E-state index in [-0.39, 0.29) is 23.7 Å². The molecule has 1 amide bonds. The number of rotatable bonds is 5. The molecule has 0 bridgehead atoms. The lowest BCUT2D eigenvalue weighted by molar-refractivity contribution is -0.118. The average Bonchev–Trinajstić information content (AvgIpc) is 3.21. The van der Waals surface area contributed by atoms with E-state index in [1.54, 1.807) is 0 Å². The number of hydrogen-bond acceptors (Lipinski definition) is 3. The number of H-pyrrole nitrogens is 1. The van der Waals surface area contributed by atoms with Crippen LogP contribution in [0.1, 0.15) is 37.4 Å². The van der Waals surface area contributed by atoms with Gasteiger partial charge >= 0.3 is 0 Å². The van der Waals surface area contributed by atoms with Crippen molar-refractivity contribution in [2.24, 2.45) is 5.92 Å². The molecule has 2 heterocycles. The van der Waals surface area contributed by atoms with Gasteiger partial charge in [-0.25, -0.2) is 0 Å². The SMILES string of the molecule is Cc1ccc(N2C(=O)C(O)=C(C(=O)CC(C)C)C2c2c[nH]c3ccccc23)cc1. The fraction of sp³-hybridized carbons (Fsp3) is 0.250. The van der Waals surface area contributed by atoms with E-state index in [1.165, 1.54) is 4.90 Å². The second-order valence-electron chi connectivity index (χ2n) is 7.99. The van der Waals surface area contributed by atoms with Crippen LogP contribution in [0.2, 0.25) is 0 Å². The highest BCUT2D eigenvalue weighted by Crippen LogP contribution is 2.43. The number of carbonyl (C=O) groups is 2. The third-order valence-corrected chi connectivity index (χ3v) is 5.33. The van der Waals surface area contributed by atoms with Crippen LogP contribution in [0.5, 0.6) is 0 Å². The second kappa shape index (κ2) is 7.24. The quantitative estimate of drug-likeness (QED) is 0.647. The molecule has 4 rings (SSSR count). The molecule has 3 aromatic rings. The highest BCUT2D eigenvalue weighted by Gasteiger charge is 2.45. The number of nitrogens with zero attached hydrogens (tertiary/aromatic N) is 1. The Labute approximate surface area is 169 Å². The summed E-state index contributed by atoms with van der Waals surface area (Å²) in [5, 5.41) is 11.6. The number of aromatic nitrogens is 1. The first-order chi connectivity index (χ1) is 13.9. The Morgan fingerprint density at radius 3 is 2.52 bits per heavy atom. The molecule has 1 unspecified atom stereocenters. The number of fused-ring (bicyclic) bond motifs is 1. The zero-order valence-corrected chi connectivity index (χ0v) is 16.8. The predicted molar refractivity (Wildman–Crippen MR) is 114 cm³/mol. The minimum Gasteiger partial charge on any atom is -0.503 e. The summed E-state index contributed by atoms with van der Waals surface area (Å²) in [7, 11) is 0. The molecule has 0 aliphatic carbocycles. The molecular formula is C24H24N2O3. The number of aliphatic hydroxyl groups is 1. The minimum absolute atomic E-state index is 0.120. The predicted octanol–water partition coefficient (Wildman–Crippen LogP) is 4.99. The molecule has 0 saturated carbocycles. The van der Waals surface area contributed by atoms with Crippen LogP contribution >= 0.6 is 0 Å². The topological polar surface area (TPSA) is 73.4 Å². The average molecular weight is 388 g/mol. The van der Waals surface area contributed by atoms with Crippen LogP contribution < -0.4 is 4.90 Å². The third kappa shape index (κ3) is 3.23. The summed E-state index contributed by atoms with van der Waals surface area (Å²) in [6, 6.07) is 14.6. The lowest BCUT2D eigenvalue weighted by atomic mass is 9.91. The lowest BCUT2D eigenvalue weighted by Crippen LogP contribution is -2.31. The number of aryl methyl sites for hydroxylation is 1. The summed E-state index contributed by atoms with van der Waals surface area (Å²) in [5.74, 6) is -1.08. The molecule has 0 saturated heterocycles. The number of carbonyl (C=O) groups excluding carboxylic acids is 2. The maximum Gasteiger partial charge on any atom is 0.294 e. The normalized spacial score (nSPS) is 17.0. The number of aliphatic hydroxyl groups excluding tert-OH is 1. The molecule has 1 aliphatic heterocycles. The summed E-state index contributed by atoms with van der Waals surface area (Å²) < 4.78 is 0. The van der Waals surface area contributed by atoms with Crippen molar-refractivity contribution >= 4 is 28.3 Å². The molecule has 0 spiro atoms. The Hall–Kier alpha value is -3.34. The van der Waals surface area contributed by atoms with E-state index in [9.17, 15) is 14.7 Å². The molecule has 29 heavy (non-hydrogen) atoms. The second-order valence-corrected chi connectivity index (χ2v) is 7.99. The third-order valence-electron chi connectivity index (χ3n) is 5.33. The van der Waals surface area contributed by atoms with E-state index in [1.807, 2.05) is 75.5 Å². The number of hydrogen-bond donors (Lipinski definition) is 2. The summed E-state index contributed by atoms with van der Waals surface area (Å²) in [6.45, 7) is 5.87. The van der Waals surface area contributed by atoms with Crippen LogP contribution in [-0.2, 0) is 9.59 Å². The van der Waals surface area contributed by atoms with E-state index in [2.05, 4.69) is 4.98 Å². The van der Waals surface area contributed by atoms with Gasteiger partial charge in [-0.1, -0.05) is 49.7 Å². The molecule has 1 atom stereocenters. The Kier molecular flexibility index (Phi) is 4.74. The first kappa shape index (κ1) is 19.0. The maximum absolute atomic E-state index is 13.1. The molecule has 1 aliphatic rings. The van der Waals surface area contributed by atoms with Crippen molar-refractivity contribution < 1.29 is 14.7 Å². The molecule has 2 N–H and O–H groups in total. The van der Waals surface area contributed by atoms with E-state index >= 15 is 0 Å². The van der Waals surface area contributed by atoms with Crippen LogP contribution in [-0.4, -0.2) is 21.8 Å². The van der Waals surface area contributed by atoms with Crippen molar-refractivity contribution in [2.75, 3.05) is 4.90 Å². The van der Waals surface area contributed by atoms with Crippen molar-refractivity contribution in [3.8, 4) is 0 Å². The van der Waals surface area contributed by atoms with Crippen LogP contribution in [0.25, 0.3) is 10.9 Å². The number of ketones is 1. The standard InChI is InChI=1S/C24H24N2O3/c1-14(2)12-20(27)21-22(18-13-25-19-7-5-4-6-17(18)19)26(24(29)23(21)28)16-10-8-15(3)9-11-16/h4-11,13-14,22,25,28H,12H2,1-3H3. The molecule has 0 radical (unpaired) electrons. The van der Waals surface area contributed by atoms with Crippen molar-refractivity contribution in [2.45, 2.75) is 33.2 Å². The van der Waals surface area contributed by atoms with Gasteiger partial charge in [0, 0.05) is 34.8 Å².